The van der Waals surface area contributed by atoms with E-state index in [0.29, 0.717) is 5.92 Å². The Morgan fingerprint density at radius 1 is 0.708 bits per heavy atom. The van der Waals surface area contributed by atoms with Crippen LogP contribution in [0.4, 0.5) is 0 Å². The average Bonchev–Trinajstić information content (AvgIpc) is 2.61. The molecule has 0 aliphatic heterocycles. The molecule has 0 unspecified atom stereocenters. The SMILES string of the molecule is O=C(/C=C(\c1ccccc1)C1CCCCCCC1)c1ccccc1. The Kier molecular flexibility index (Phi) is 6.01. The molecule has 1 heteroatoms. The second kappa shape index (κ2) is 8.63. The third-order valence-corrected chi connectivity index (χ3v) is 5.00. The van der Waals surface area contributed by atoms with Crippen molar-refractivity contribution in [2.24, 2.45) is 5.92 Å². The Labute approximate surface area is 145 Å². The lowest BCUT2D eigenvalue weighted by molar-refractivity contribution is 0.104. The average molecular weight is 318 g/mol. The molecule has 0 saturated heterocycles. The second-order valence-electron chi connectivity index (χ2n) is 6.74. The molecule has 0 bridgehead atoms. The minimum Gasteiger partial charge on any atom is -0.289 e. The van der Waals surface area contributed by atoms with Gasteiger partial charge in [0, 0.05) is 5.56 Å². The number of allylic oxidation sites excluding steroid dienone is 2. The molecule has 3 rings (SSSR count). The van der Waals surface area contributed by atoms with Gasteiger partial charge in [-0.3, -0.25) is 4.79 Å². The van der Waals surface area contributed by atoms with Gasteiger partial charge in [-0.15, -0.1) is 0 Å². The van der Waals surface area contributed by atoms with Crippen molar-refractivity contribution in [2.75, 3.05) is 0 Å². The third kappa shape index (κ3) is 4.44. The zero-order chi connectivity index (χ0) is 16.6. The molecule has 1 fully saturated rings. The Balaban J connectivity index is 1.92. The topological polar surface area (TPSA) is 17.1 Å². The summed E-state index contributed by atoms with van der Waals surface area (Å²) in [5.74, 6) is 0.622. The molecular formula is C23H26O. The fraction of sp³-hybridized carbons (Fsp3) is 0.348. The quantitative estimate of drug-likeness (QED) is 0.476. The van der Waals surface area contributed by atoms with Crippen molar-refractivity contribution >= 4 is 11.4 Å². The summed E-state index contributed by atoms with van der Waals surface area (Å²) >= 11 is 0. The van der Waals surface area contributed by atoms with Gasteiger partial charge in [0.2, 0.25) is 0 Å². The molecule has 0 amide bonds. The highest BCUT2D eigenvalue weighted by molar-refractivity contribution is 6.08. The highest BCUT2D eigenvalue weighted by Gasteiger charge is 2.19. The minimum absolute atomic E-state index is 0.122. The normalized spacial score (nSPS) is 17.1. The van der Waals surface area contributed by atoms with Gasteiger partial charge in [-0.25, -0.2) is 0 Å². The van der Waals surface area contributed by atoms with E-state index in [2.05, 4.69) is 24.3 Å². The van der Waals surface area contributed by atoms with Gasteiger partial charge in [-0.1, -0.05) is 92.8 Å². The van der Waals surface area contributed by atoms with Gasteiger partial charge >= 0.3 is 0 Å². The molecule has 1 nitrogen and oxygen atoms in total. The van der Waals surface area contributed by atoms with Crippen molar-refractivity contribution in [3.63, 3.8) is 0 Å². The van der Waals surface area contributed by atoms with Crippen molar-refractivity contribution in [3.05, 3.63) is 77.9 Å². The molecule has 0 N–H and O–H groups in total. The van der Waals surface area contributed by atoms with Crippen LogP contribution in [0.15, 0.2) is 66.7 Å². The van der Waals surface area contributed by atoms with Crippen LogP contribution in [0.1, 0.15) is 60.9 Å². The van der Waals surface area contributed by atoms with Gasteiger partial charge in [0.25, 0.3) is 0 Å². The summed E-state index contributed by atoms with van der Waals surface area (Å²) in [6.45, 7) is 0. The van der Waals surface area contributed by atoms with E-state index >= 15 is 0 Å². The van der Waals surface area contributed by atoms with Gasteiger partial charge in [-0.2, -0.15) is 0 Å². The Morgan fingerprint density at radius 3 is 1.79 bits per heavy atom. The number of rotatable bonds is 4. The first-order chi connectivity index (χ1) is 11.8. The fourth-order valence-electron chi connectivity index (χ4n) is 3.66. The number of benzene rings is 2. The van der Waals surface area contributed by atoms with E-state index in [9.17, 15) is 4.79 Å². The van der Waals surface area contributed by atoms with E-state index in [1.807, 2.05) is 42.5 Å². The molecule has 0 heterocycles. The van der Waals surface area contributed by atoms with E-state index in [0.717, 1.165) is 5.56 Å². The highest BCUT2D eigenvalue weighted by Crippen LogP contribution is 2.34. The molecule has 0 spiro atoms. The van der Waals surface area contributed by atoms with Crippen molar-refractivity contribution in [1.29, 1.82) is 0 Å². The summed E-state index contributed by atoms with van der Waals surface area (Å²) in [7, 11) is 0. The first-order valence-corrected chi connectivity index (χ1v) is 9.21. The van der Waals surface area contributed by atoms with Gasteiger partial charge in [0.1, 0.15) is 0 Å². The molecule has 1 aliphatic carbocycles. The van der Waals surface area contributed by atoms with Crippen LogP contribution >= 0.6 is 0 Å². The Bertz CT molecular complexity index is 662. The minimum atomic E-state index is 0.122. The molecule has 2 aromatic carbocycles. The Hall–Kier alpha value is -2.15. The molecule has 1 aliphatic rings. The maximum Gasteiger partial charge on any atom is 0.186 e. The predicted octanol–water partition coefficient (Wildman–Crippen LogP) is 6.31. The molecular weight excluding hydrogens is 292 g/mol. The fourth-order valence-corrected chi connectivity index (χ4v) is 3.66. The standard InChI is InChI=1S/C23H26O/c24-23(21-16-10-5-11-17-21)18-22(20-14-8-4-9-15-20)19-12-6-2-1-3-7-13-19/h4-5,8-11,14-19H,1-3,6-7,12-13H2/b22-18-. The smallest absolute Gasteiger partial charge is 0.186 e. The first-order valence-electron chi connectivity index (χ1n) is 9.21. The van der Waals surface area contributed by atoms with Crippen LogP contribution in [0.3, 0.4) is 0 Å². The predicted molar refractivity (Wildman–Crippen MR) is 101 cm³/mol. The van der Waals surface area contributed by atoms with E-state index in [4.69, 9.17) is 0 Å². The first kappa shape index (κ1) is 16.7. The van der Waals surface area contributed by atoms with Crippen molar-refractivity contribution in [3.8, 4) is 0 Å². The number of ketones is 1. The summed E-state index contributed by atoms with van der Waals surface area (Å²) in [5, 5.41) is 0. The lowest BCUT2D eigenvalue weighted by Crippen LogP contribution is -2.09. The summed E-state index contributed by atoms with van der Waals surface area (Å²) < 4.78 is 0. The molecule has 1 saturated carbocycles. The summed E-state index contributed by atoms with van der Waals surface area (Å²) in [6.07, 6.45) is 10.8. The van der Waals surface area contributed by atoms with Crippen LogP contribution in [0, 0.1) is 5.92 Å². The maximum atomic E-state index is 12.7. The summed E-state index contributed by atoms with van der Waals surface area (Å²) in [4.78, 5) is 12.7. The van der Waals surface area contributed by atoms with Crippen LogP contribution in [0.2, 0.25) is 0 Å². The Morgan fingerprint density at radius 2 is 1.21 bits per heavy atom. The molecule has 124 valence electrons. The molecule has 24 heavy (non-hydrogen) atoms. The molecule has 0 radical (unpaired) electrons. The van der Waals surface area contributed by atoms with Crippen LogP contribution in [-0.4, -0.2) is 5.78 Å². The third-order valence-electron chi connectivity index (χ3n) is 5.00. The zero-order valence-corrected chi connectivity index (χ0v) is 14.3. The zero-order valence-electron chi connectivity index (χ0n) is 14.3. The van der Waals surface area contributed by atoms with Gasteiger partial charge in [0.05, 0.1) is 0 Å². The number of hydrogen-bond acceptors (Lipinski definition) is 1. The van der Waals surface area contributed by atoms with Crippen molar-refractivity contribution in [2.45, 2.75) is 44.9 Å². The van der Waals surface area contributed by atoms with Crippen LogP contribution < -0.4 is 0 Å². The molecule has 0 aromatic heterocycles. The molecule has 0 atom stereocenters. The van der Waals surface area contributed by atoms with Crippen LogP contribution in [-0.2, 0) is 0 Å². The van der Waals surface area contributed by atoms with E-state index in [-0.39, 0.29) is 5.78 Å². The van der Waals surface area contributed by atoms with Crippen molar-refractivity contribution in [1.82, 2.24) is 0 Å². The maximum absolute atomic E-state index is 12.7. The largest absolute Gasteiger partial charge is 0.289 e. The number of carbonyl (C=O) groups excluding carboxylic acids is 1. The van der Waals surface area contributed by atoms with Gasteiger partial charge in [0.15, 0.2) is 5.78 Å². The van der Waals surface area contributed by atoms with E-state index in [1.165, 1.54) is 56.1 Å². The van der Waals surface area contributed by atoms with Gasteiger partial charge < -0.3 is 0 Å². The van der Waals surface area contributed by atoms with E-state index in [1.54, 1.807) is 0 Å². The summed E-state index contributed by atoms with van der Waals surface area (Å²) in [5.41, 5.74) is 3.20. The number of hydrogen-bond donors (Lipinski definition) is 0. The number of carbonyl (C=O) groups is 1. The summed E-state index contributed by atoms with van der Waals surface area (Å²) in [6, 6.07) is 20.1. The van der Waals surface area contributed by atoms with Crippen LogP contribution in [0.25, 0.3) is 5.57 Å². The van der Waals surface area contributed by atoms with Gasteiger partial charge in [-0.05, 0) is 36.0 Å². The van der Waals surface area contributed by atoms with E-state index < -0.39 is 0 Å². The monoisotopic (exact) mass is 318 g/mol. The molecule has 2 aromatic rings. The lowest BCUT2D eigenvalue weighted by Gasteiger charge is -2.23. The lowest BCUT2D eigenvalue weighted by atomic mass is 9.82. The highest BCUT2D eigenvalue weighted by atomic mass is 16.1. The van der Waals surface area contributed by atoms with Crippen LogP contribution in [0.5, 0.6) is 0 Å². The second-order valence-corrected chi connectivity index (χ2v) is 6.74. The van der Waals surface area contributed by atoms with Crippen molar-refractivity contribution < 1.29 is 4.79 Å².